The number of aromatic amines is 1. The molecule has 0 radical (unpaired) electrons. The number of nitrogens with two attached hydrogens (primary N) is 1. The van der Waals surface area contributed by atoms with Crippen molar-refractivity contribution in [1.82, 2.24) is 19.9 Å². The number of hydrogen-bond donors (Lipinski definition) is 2. The van der Waals surface area contributed by atoms with E-state index in [1.807, 2.05) is 17.5 Å². The second-order valence-electron chi connectivity index (χ2n) is 4.69. The van der Waals surface area contributed by atoms with Gasteiger partial charge in [0.25, 0.3) is 0 Å². The van der Waals surface area contributed by atoms with E-state index in [0.29, 0.717) is 5.95 Å². The van der Waals surface area contributed by atoms with Crippen molar-refractivity contribution < 1.29 is 0 Å². The van der Waals surface area contributed by atoms with Gasteiger partial charge in [-0.15, -0.1) is 11.3 Å². The fraction of sp³-hybridized carbons (Fsp3) is 0.0714. The predicted molar refractivity (Wildman–Crippen MR) is 86.8 cm³/mol. The Balaban J connectivity index is 1.80. The van der Waals surface area contributed by atoms with Crippen LogP contribution in [0, 0.1) is 6.92 Å². The summed E-state index contributed by atoms with van der Waals surface area (Å²) in [6, 6.07) is 8.16. The molecule has 104 valence electrons. The molecule has 5 nitrogen and oxygen atoms in total. The summed E-state index contributed by atoms with van der Waals surface area (Å²) in [5.41, 5.74) is 8.96. The summed E-state index contributed by atoms with van der Waals surface area (Å²) < 4.78 is 0. The molecule has 0 aliphatic carbocycles. The van der Waals surface area contributed by atoms with Crippen molar-refractivity contribution >= 4 is 50.3 Å². The van der Waals surface area contributed by atoms with Gasteiger partial charge in [-0.1, -0.05) is 6.07 Å². The maximum absolute atomic E-state index is 5.77. The quantitative estimate of drug-likeness (QED) is 0.553. The minimum Gasteiger partial charge on any atom is -0.368 e. The van der Waals surface area contributed by atoms with Gasteiger partial charge in [-0.3, -0.25) is 0 Å². The van der Waals surface area contributed by atoms with E-state index < -0.39 is 0 Å². The van der Waals surface area contributed by atoms with E-state index in [4.69, 9.17) is 5.73 Å². The molecule has 0 fully saturated rings. The van der Waals surface area contributed by atoms with E-state index in [0.717, 1.165) is 31.4 Å². The zero-order valence-corrected chi connectivity index (χ0v) is 12.8. The van der Waals surface area contributed by atoms with E-state index in [9.17, 15) is 0 Å². The minimum atomic E-state index is 0.291. The Morgan fingerprint density at radius 1 is 1.19 bits per heavy atom. The number of rotatable bonds is 2. The maximum Gasteiger partial charge on any atom is 0.222 e. The first kappa shape index (κ1) is 12.6. The van der Waals surface area contributed by atoms with Crippen molar-refractivity contribution in [3.63, 3.8) is 0 Å². The lowest BCUT2D eigenvalue weighted by atomic mass is 10.2. The van der Waals surface area contributed by atoms with Crippen molar-refractivity contribution in [3.05, 3.63) is 35.2 Å². The van der Waals surface area contributed by atoms with Crippen LogP contribution >= 0.6 is 23.1 Å². The van der Waals surface area contributed by atoms with Crippen molar-refractivity contribution in [2.24, 2.45) is 0 Å². The topological polar surface area (TPSA) is 80.5 Å². The highest BCUT2D eigenvalue weighted by atomic mass is 32.2. The van der Waals surface area contributed by atoms with E-state index in [1.54, 1.807) is 11.3 Å². The lowest BCUT2D eigenvalue weighted by molar-refractivity contribution is 1.06. The molecule has 0 aliphatic heterocycles. The molecule has 0 atom stereocenters. The Kier molecular flexibility index (Phi) is 2.83. The first-order chi connectivity index (χ1) is 10.2. The minimum absolute atomic E-state index is 0.291. The molecule has 1 aromatic carbocycles. The van der Waals surface area contributed by atoms with Gasteiger partial charge in [0.1, 0.15) is 9.86 Å². The number of thiophene rings is 1. The molecule has 21 heavy (non-hydrogen) atoms. The summed E-state index contributed by atoms with van der Waals surface area (Å²) in [7, 11) is 0. The van der Waals surface area contributed by atoms with Gasteiger partial charge in [-0.05, 0) is 47.8 Å². The summed E-state index contributed by atoms with van der Waals surface area (Å²) in [5, 5.41) is 4.64. The number of hydrogen-bond acceptors (Lipinski definition) is 6. The van der Waals surface area contributed by atoms with Crippen molar-refractivity contribution in [1.29, 1.82) is 0 Å². The molecule has 4 aromatic rings. The van der Waals surface area contributed by atoms with Crippen molar-refractivity contribution in [3.8, 4) is 0 Å². The molecule has 0 spiro atoms. The summed E-state index contributed by atoms with van der Waals surface area (Å²) in [6.07, 6.45) is 0. The van der Waals surface area contributed by atoms with Gasteiger partial charge < -0.3 is 10.7 Å². The number of imidazole rings is 1. The highest BCUT2D eigenvalue weighted by Crippen LogP contribution is 2.33. The average molecular weight is 313 g/mol. The predicted octanol–water partition coefficient (Wildman–Crippen LogP) is 3.61. The van der Waals surface area contributed by atoms with Crippen LogP contribution in [0.15, 0.2) is 39.8 Å². The number of benzene rings is 1. The molecule has 0 amide bonds. The molecular weight excluding hydrogens is 302 g/mol. The van der Waals surface area contributed by atoms with Crippen LogP contribution in [0.4, 0.5) is 5.95 Å². The van der Waals surface area contributed by atoms with Gasteiger partial charge in [0.2, 0.25) is 5.95 Å². The summed E-state index contributed by atoms with van der Waals surface area (Å²) in [5.74, 6) is 0.291. The van der Waals surface area contributed by atoms with Crippen LogP contribution in [0.2, 0.25) is 0 Å². The first-order valence-corrected chi connectivity index (χ1v) is 8.03. The highest BCUT2D eigenvalue weighted by molar-refractivity contribution is 7.99. The van der Waals surface area contributed by atoms with Crippen LogP contribution in [0.5, 0.6) is 0 Å². The number of anilines is 1. The SMILES string of the molecule is Cc1ccc2nc(Sc3nc(N)nc4sccc34)[nH]c2c1. The molecule has 3 heterocycles. The third-order valence-electron chi connectivity index (χ3n) is 3.12. The normalized spacial score (nSPS) is 11.5. The van der Waals surface area contributed by atoms with Crippen LogP contribution in [0.3, 0.4) is 0 Å². The maximum atomic E-state index is 5.77. The molecule has 3 aromatic heterocycles. The Morgan fingerprint density at radius 3 is 3.00 bits per heavy atom. The molecule has 0 saturated carbocycles. The summed E-state index contributed by atoms with van der Waals surface area (Å²) in [4.78, 5) is 17.4. The van der Waals surface area contributed by atoms with Gasteiger partial charge in [0.05, 0.1) is 11.0 Å². The van der Waals surface area contributed by atoms with Gasteiger partial charge in [-0.25, -0.2) is 15.0 Å². The average Bonchev–Trinajstić information content (AvgIpc) is 3.03. The van der Waals surface area contributed by atoms with Gasteiger partial charge >= 0.3 is 0 Å². The monoisotopic (exact) mass is 313 g/mol. The van der Waals surface area contributed by atoms with E-state index in [1.165, 1.54) is 17.3 Å². The molecule has 0 unspecified atom stereocenters. The molecule has 3 N–H and O–H groups in total. The fourth-order valence-electron chi connectivity index (χ4n) is 2.16. The fourth-order valence-corrected chi connectivity index (χ4v) is 3.90. The Morgan fingerprint density at radius 2 is 2.10 bits per heavy atom. The second-order valence-corrected chi connectivity index (χ2v) is 6.56. The van der Waals surface area contributed by atoms with Crippen LogP contribution in [-0.4, -0.2) is 19.9 Å². The molecule has 7 heteroatoms. The van der Waals surface area contributed by atoms with E-state index >= 15 is 0 Å². The zero-order valence-electron chi connectivity index (χ0n) is 11.1. The number of H-pyrrole nitrogens is 1. The molecule has 0 bridgehead atoms. The third kappa shape index (κ3) is 2.24. The summed E-state index contributed by atoms with van der Waals surface area (Å²) in [6.45, 7) is 2.06. The highest BCUT2D eigenvalue weighted by Gasteiger charge is 2.11. The number of aromatic nitrogens is 4. The van der Waals surface area contributed by atoms with Gasteiger partial charge in [-0.2, -0.15) is 0 Å². The van der Waals surface area contributed by atoms with Crippen LogP contribution < -0.4 is 5.73 Å². The number of fused-ring (bicyclic) bond motifs is 2. The molecule has 4 rings (SSSR count). The first-order valence-electron chi connectivity index (χ1n) is 6.34. The van der Waals surface area contributed by atoms with Crippen LogP contribution in [-0.2, 0) is 0 Å². The molecule has 0 saturated heterocycles. The Bertz CT molecular complexity index is 956. The lowest BCUT2D eigenvalue weighted by Gasteiger charge is -2.00. The van der Waals surface area contributed by atoms with Crippen LogP contribution in [0.25, 0.3) is 21.3 Å². The van der Waals surface area contributed by atoms with Crippen molar-refractivity contribution in [2.75, 3.05) is 5.73 Å². The number of nitrogens with zero attached hydrogens (tertiary/aromatic N) is 3. The molecule has 0 aliphatic rings. The lowest BCUT2D eigenvalue weighted by Crippen LogP contribution is -1.95. The van der Waals surface area contributed by atoms with Crippen LogP contribution in [0.1, 0.15) is 5.56 Å². The second kappa shape index (κ2) is 4.71. The Labute approximate surface area is 128 Å². The van der Waals surface area contributed by atoms with Crippen molar-refractivity contribution in [2.45, 2.75) is 17.1 Å². The number of nitrogen functional groups attached to an aromatic ring is 1. The standard InChI is InChI=1S/C14H11N5S2/c1-7-2-3-9-10(6-7)17-14(16-9)21-12-8-4-5-20-11(8)18-13(15)19-12/h2-6H,1H3,(H,16,17)(H2,15,18,19). The van der Waals surface area contributed by atoms with Gasteiger partial charge in [0.15, 0.2) is 5.16 Å². The zero-order chi connectivity index (χ0) is 14.4. The van der Waals surface area contributed by atoms with E-state index in [-0.39, 0.29) is 0 Å². The summed E-state index contributed by atoms with van der Waals surface area (Å²) >= 11 is 3.03. The number of aryl methyl sites for hydroxylation is 1. The third-order valence-corrected chi connectivity index (χ3v) is 4.81. The Hall–Kier alpha value is -2.12. The van der Waals surface area contributed by atoms with E-state index in [2.05, 4.69) is 39.0 Å². The molecular formula is C14H11N5S2. The largest absolute Gasteiger partial charge is 0.368 e. The smallest absolute Gasteiger partial charge is 0.222 e. The van der Waals surface area contributed by atoms with Gasteiger partial charge in [0, 0.05) is 5.39 Å². The number of nitrogens with one attached hydrogen (secondary N) is 1.